The Balaban J connectivity index is 1.43. The van der Waals surface area contributed by atoms with Gasteiger partial charge in [0.05, 0.1) is 4.90 Å². The SMILES string of the molecule is Cc1ccnc(N2CCC(NCCc3ccc(S(N)(=O)=O)cc3)CC2)n1. The van der Waals surface area contributed by atoms with E-state index in [1.54, 1.807) is 12.1 Å². The Labute approximate surface area is 154 Å². The van der Waals surface area contributed by atoms with Crippen LogP contribution in [0.15, 0.2) is 41.4 Å². The minimum absolute atomic E-state index is 0.153. The van der Waals surface area contributed by atoms with E-state index in [0.717, 1.165) is 56.1 Å². The predicted molar refractivity (Wildman–Crippen MR) is 102 cm³/mol. The standard InChI is InChI=1S/C18H25N5O2S/c1-14-6-10-21-18(22-14)23-12-8-16(9-13-23)20-11-7-15-2-4-17(5-3-15)26(19,24)25/h2-6,10,16,20H,7-9,11-13H2,1H3,(H2,19,24,25). The van der Waals surface area contributed by atoms with Crippen molar-refractivity contribution in [1.29, 1.82) is 0 Å². The number of rotatable bonds is 6. The molecular formula is C18H25N5O2S. The summed E-state index contributed by atoms with van der Waals surface area (Å²) in [5.41, 5.74) is 2.08. The van der Waals surface area contributed by atoms with E-state index < -0.39 is 10.0 Å². The van der Waals surface area contributed by atoms with Crippen LogP contribution in [0, 0.1) is 6.92 Å². The van der Waals surface area contributed by atoms with Crippen LogP contribution in [0.1, 0.15) is 24.1 Å². The number of nitrogens with one attached hydrogen (secondary N) is 1. The van der Waals surface area contributed by atoms with Crippen LogP contribution >= 0.6 is 0 Å². The van der Waals surface area contributed by atoms with E-state index in [1.807, 2.05) is 31.3 Å². The Morgan fingerprint density at radius 1 is 1.19 bits per heavy atom. The lowest BCUT2D eigenvalue weighted by Gasteiger charge is -2.32. The molecule has 2 aromatic rings. The fourth-order valence-electron chi connectivity index (χ4n) is 3.14. The molecule has 2 heterocycles. The van der Waals surface area contributed by atoms with Gasteiger partial charge in [0.1, 0.15) is 0 Å². The van der Waals surface area contributed by atoms with Crippen LogP contribution in [0.3, 0.4) is 0 Å². The van der Waals surface area contributed by atoms with Gasteiger partial charge in [-0.05, 0) is 56.5 Å². The molecule has 3 N–H and O–H groups in total. The summed E-state index contributed by atoms with van der Waals surface area (Å²) in [5.74, 6) is 0.818. The van der Waals surface area contributed by atoms with Gasteiger partial charge >= 0.3 is 0 Å². The second-order valence-corrected chi connectivity index (χ2v) is 8.21. The Hall–Kier alpha value is -2.03. The van der Waals surface area contributed by atoms with Gasteiger partial charge in [-0.1, -0.05) is 12.1 Å². The smallest absolute Gasteiger partial charge is 0.238 e. The molecule has 7 nitrogen and oxygen atoms in total. The van der Waals surface area contributed by atoms with Gasteiger partial charge in [0.2, 0.25) is 16.0 Å². The maximum Gasteiger partial charge on any atom is 0.238 e. The maximum atomic E-state index is 11.3. The average molecular weight is 375 g/mol. The van der Waals surface area contributed by atoms with Crippen LogP contribution < -0.4 is 15.4 Å². The van der Waals surface area contributed by atoms with E-state index in [9.17, 15) is 8.42 Å². The summed E-state index contributed by atoms with van der Waals surface area (Å²) in [6, 6.07) is 9.15. The van der Waals surface area contributed by atoms with Crippen LogP contribution in [0.5, 0.6) is 0 Å². The molecule has 0 saturated carbocycles. The number of hydrogen-bond donors (Lipinski definition) is 2. The highest BCUT2D eigenvalue weighted by Gasteiger charge is 2.20. The van der Waals surface area contributed by atoms with Gasteiger partial charge in [0.15, 0.2) is 0 Å². The first kappa shape index (κ1) is 18.8. The number of aromatic nitrogens is 2. The number of nitrogens with two attached hydrogens (primary N) is 1. The zero-order valence-corrected chi connectivity index (χ0v) is 15.7. The highest BCUT2D eigenvalue weighted by atomic mass is 32.2. The molecule has 1 aliphatic rings. The van der Waals surface area contributed by atoms with E-state index in [0.29, 0.717) is 6.04 Å². The summed E-state index contributed by atoms with van der Waals surface area (Å²) in [4.78, 5) is 11.2. The first-order valence-electron chi connectivity index (χ1n) is 8.81. The van der Waals surface area contributed by atoms with Gasteiger partial charge in [-0.25, -0.2) is 23.5 Å². The molecular weight excluding hydrogens is 350 g/mol. The van der Waals surface area contributed by atoms with Crippen molar-refractivity contribution in [3.63, 3.8) is 0 Å². The number of nitrogens with zero attached hydrogens (tertiary/aromatic N) is 3. The molecule has 0 bridgehead atoms. The highest BCUT2D eigenvalue weighted by Crippen LogP contribution is 2.16. The fraction of sp³-hybridized carbons (Fsp3) is 0.444. The maximum absolute atomic E-state index is 11.3. The second kappa shape index (κ2) is 8.11. The number of benzene rings is 1. The number of hydrogen-bond acceptors (Lipinski definition) is 6. The third kappa shape index (κ3) is 5.00. The Kier molecular flexibility index (Phi) is 5.85. The van der Waals surface area contributed by atoms with Gasteiger partial charge in [-0.2, -0.15) is 0 Å². The van der Waals surface area contributed by atoms with E-state index in [1.165, 1.54) is 0 Å². The first-order chi connectivity index (χ1) is 12.4. The van der Waals surface area contributed by atoms with Gasteiger partial charge in [-0.3, -0.25) is 0 Å². The summed E-state index contributed by atoms with van der Waals surface area (Å²) < 4.78 is 22.5. The van der Waals surface area contributed by atoms with Crippen LogP contribution in [0.4, 0.5) is 5.95 Å². The zero-order valence-electron chi connectivity index (χ0n) is 14.9. The van der Waals surface area contributed by atoms with E-state index >= 15 is 0 Å². The lowest BCUT2D eigenvalue weighted by Crippen LogP contribution is -2.43. The van der Waals surface area contributed by atoms with Crippen LogP contribution in [0.2, 0.25) is 0 Å². The monoisotopic (exact) mass is 375 g/mol. The minimum Gasteiger partial charge on any atom is -0.341 e. The molecule has 1 fully saturated rings. The fourth-order valence-corrected chi connectivity index (χ4v) is 3.65. The molecule has 0 amide bonds. The molecule has 0 unspecified atom stereocenters. The molecule has 1 aliphatic heterocycles. The highest BCUT2D eigenvalue weighted by molar-refractivity contribution is 7.89. The van der Waals surface area contributed by atoms with Gasteiger partial charge < -0.3 is 10.2 Å². The first-order valence-corrected chi connectivity index (χ1v) is 10.4. The third-order valence-corrected chi connectivity index (χ3v) is 5.59. The van der Waals surface area contributed by atoms with Crippen molar-refractivity contribution < 1.29 is 8.42 Å². The topological polar surface area (TPSA) is 101 Å². The van der Waals surface area contributed by atoms with Gasteiger partial charge in [0, 0.05) is 31.0 Å². The van der Waals surface area contributed by atoms with Crippen LogP contribution in [-0.2, 0) is 16.4 Å². The van der Waals surface area contributed by atoms with Gasteiger partial charge in [0.25, 0.3) is 0 Å². The van der Waals surface area contributed by atoms with Gasteiger partial charge in [-0.15, -0.1) is 0 Å². The molecule has 0 atom stereocenters. The Morgan fingerprint density at radius 3 is 2.50 bits per heavy atom. The number of aryl methyl sites for hydroxylation is 1. The molecule has 0 spiro atoms. The lowest BCUT2D eigenvalue weighted by atomic mass is 10.0. The van der Waals surface area contributed by atoms with E-state index in [-0.39, 0.29) is 4.90 Å². The zero-order chi connectivity index (χ0) is 18.6. The summed E-state index contributed by atoms with van der Waals surface area (Å²) in [7, 11) is -3.62. The molecule has 140 valence electrons. The average Bonchev–Trinajstić information content (AvgIpc) is 2.62. The normalized spacial score (nSPS) is 16.0. The number of piperidine rings is 1. The molecule has 1 saturated heterocycles. The van der Waals surface area contributed by atoms with Crippen molar-refractivity contribution in [2.24, 2.45) is 5.14 Å². The summed E-state index contributed by atoms with van der Waals surface area (Å²) in [6.07, 6.45) is 4.78. The van der Waals surface area contributed by atoms with Crippen molar-refractivity contribution in [2.45, 2.75) is 37.1 Å². The number of anilines is 1. The van der Waals surface area contributed by atoms with Crippen molar-refractivity contribution in [3.8, 4) is 0 Å². The molecule has 3 rings (SSSR count). The quantitative estimate of drug-likeness (QED) is 0.788. The molecule has 26 heavy (non-hydrogen) atoms. The van der Waals surface area contributed by atoms with Crippen LogP contribution in [-0.4, -0.2) is 44.1 Å². The summed E-state index contributed by atoms with van der Waals surface area (Å²) in [6.45, 7) is 4.74. The number of sulfonamides is 1. The summed E-state index contributed by atoms with van der Waals surface area (Å²) in [5, 5.41) is 8.70. The third-order valence-electron chi connectivity index (χ3n) is 4.66. The van der Waals surface area contributed by atoms with E-state index in [4.69, 9.17) is 5.14 Å². The van der Waals surface area contributed by atoms with Crippen LogP contribution in [0.25, 0.3) is 0 Å². The largest absolute Gasteiger partial charge is 0.341 e. The van der Waals surface area contributed by atoms with Crippen molar-refractivity contribution in [3.05, 3.63) is 47.8 Å². The Morgan fingerprint density at radius 2 is 1.88 bits per heavy atom. The molecule has 1 aromatic carbocycles. The second-order valence-electron chi connectivity index (χ2n) is 6.65. The van der Waals surface area contributed by atoms with Crippen molar-refractivity contribution in [2.75, 3.05) is 24.5 Å². The Bertz CT molecular complexity index is 831. The molecule has 8 heteroatoms. The minimum atomic E-state index is -3.62. The van der Waals surface area contributed by atoms with E-state index in [2.05, 4.69) is 20.2 Å². The molecule has 0 aliphatic carbocycles. The van der Waals surface area contributed by atoms with Crippen molar-refractivity contribution >= 4 is 16.0 Å². The summed E-state index contributed by atoms with van der Waals surface area (Å²) >= 11 is 0. The lowest BCUT2D eigenvalue weighted by molar-refractivity contribution is 0.414. The molecule has 0 radical (unpaired) electrons. The predicted octanol–water partition coefficient (Wildman–Crippen LogP) is 1.23. The molecule has 1 aromatic heterocycles. The number of primary sulfonamides is 1. The van der Waals surface area contributed by atoms with Crippen molar-refractivity contribution in [1.82, 2.24) is 15.3 Å².